The largest absolute Gasteiger partial charge is 0.380 e. The molecule has 1 saturated heterocycles. The highest BCUT2D eigenvalue weighted by atomic mass is 32.1. The Morgan fingerprint density at radius 2 is 1.76 bits per heavy atom. The molecule has 0 spiro atoms. The molecule has 10 nitrogen and oxygen atoms in total. The number of amidine groups is 1. The predicted molar refractivity (Wildman–Crippen MR) is 166 cm³/mol. The number of nitrogens with zero attached hydrogens (tertiary/aromatic N) is 4. The minimum Gasteiger partial charge on any atom is -0.380 e. The monoisotopic (exact) mass is 571 g/mol. The van der Waals surface area contributed by atoms with Gasteiger partial charge in [-0.25, -0.2) is 0 Å². The van der Waals surface area contributed by atoms with E-state index in [1.807, 2.05) is 41.8 Å². The molecule has 0 aliphatic carbocycles. The third-order valence-corrected chi connectivity index (χ3v) is 7.87. The molecule has 0 unspecified atom stereocenters. The lowest BCUT2D eigenvalue weighted by molar-refractivity contribution is -0.463. The van der Waals surface area contributed by atoms with Crippen LogP contribution in [0, 0.1) is 10.1 Å². The van der Waals surface area contributed by atoms with E-state index in [-0.39, 0.29) is 17.4 Å². The average Bonchev–Trinajstić information content (AvgIpc) is 3.46. The fourth-order valence-electron chi connectivity index (χ4n) is 4.88. The summed E-state index contributed by atoms with van der Waals surface area (Å²) in [4.78, 5) is 35.7. The number of hydrogen-bond acceptors (Lipinski definition) is 8. The van der Waals surface area contributed by atoms with Gasteiger partial charge in [-0.2, -0.15) is 0 Å². The number of rotatable bonds is 11. The van der Waals surface area contributed by atoms with E-state index >= 15 is 0 Å². The summed E-state index contributed by atoms with van der Waals surface area (Å²) in [7, 11) is 0. The number of nitro groups is 1. The number of carbonyl (C=O) groups excluding carboxylic acids is 1. The number of para-hydroxylation sites is 1. The van der Waals surface area contributed by atoms with E-state index in [9.17, 15) is 14.9 Å². The average molecular weight is 572 g/mol. The normalized spacial score (nSPS) is 14.1. The Labute approximate surface area is 242 Å². The quantitative estimate of drug-likeness (QED) is 0.0908. The van der Waals surface area contributed by atoms with Crippen LogP contribution in [0.1, 0.15) is 34.5 Å². The highest BCUT2D eigenvalue weighted by molar-refractivity contribution is 7.12. The summed E-state index contributed by atoms with van der Waals surface area (Å²) in [6, 6.07) is 18.9. The van der Waals surface area contributed by atoms with Crippen molar-refractivity contribution < 1.29 is 9.72 Å². The molecule has 1 fully saturated rings. The van der Waals surface area contributed by atoms with E-state index in [4.69, 9.17) is 0 Å². The number of carbonyl (C=O) groups is 1. The summed E-state index contributed by atoms with van der Waals surface area (Å²) in [6.45, 7) is 3.62. The molecule has 3 heterocycles. The molecule has 2 aromatic heterocycles. The second-order valence-electron chi connectivity index (χ2n) is 9.88. The number of nitrogens with one attached hydrogen (secondary N) is 3. The molecular weight excluding hydrogens is 538 g/mol. The van der Waals surface area contributed by atoms with Crippen LogP contribution in [0.15, 0.2) is 77.2 Å². The van der Waals surface area contributed by atoms with Crippen molar-refractivity contribution in [2.75, 3.05) is 48.7 Å². The number of benzene rings is 2. The molecule has 3 N–H and O–H groups in total. The smallest absolute Gasteiger partial charge is 0.267 e. The summed E-state index contributed by atoms with van der Waals surface area (Å²) in [5.41, 5.74) is 4.09. The number of fused-ring (bicyclic) bond motifs is 1. The maximum absolute atomic E-state index is 13.1. The van der Waals surface area contributed by atoms with Gasteiger partial charge in [-0.3, -0.25) is 24.9 Å². The van der Waals surface area contributed by atoms with Crippen molar-refractivity contribution in [3.8, 4) is 0 Å². The Morgan fingerprint density at radius 3 is 2.54 bits per heavy atom. The van der Waals surface area contributed by atoms with E-state index in [1.165, 1.54) is 30.6 Å². The van der Waals surface area contributed by atoms with Crippen LogP contribution in [0.2, 0.25) is 0 Å². The Bertz CT molecular complexity index is 1510. The standard InChI is InChI=1S/C30H33N7O3S/c38-30(29-27(13-19-41-29)33-20-22-12-14-31-26-7-3-2-6-25(22)26)35-24-10-8-23(9-11-24)34-28(21-37(39)40)32-15-18-36-16-4-1-5-17-36/h2-3,6-14,19,33H,1,4-5,15-18,20-21H2,(H,32,34)(H,35,38). The number of thiophene rings is 1. The van der Waals surface area contributed by atoms with Gasteiger partial charge in [0.15, 0.2) is 5.84 Å². The zero-order valence-corrected chi connectivity index (χ0v) is 23.5. The number of aliphatic imine (C=N–C) groups is 1. The molecule has 0 saturated carbocycles. The van der Waals surface area contributed by atoms with Gasteiger partial charge in [0.1, 0.15) is 4.88 Å². The molecule has 11 heteroatoms. The Hall–Kier alpha value is -4.35. The lowest BCUT2D eigenvalue weighted by Crippen LogP contribution is -2.32. The number of amides is 1. The van der Waals surface area contributed by atoms with Crippen molar-refractivity contribution in [2.24, 2.45) is 4.99 Å². The third-order valence-electron chi connectivity index (χ3n) is 6.96. The summed E-state index contributed by atoms with van der Waals surface area (Å²) >= 11 is 1.37. The molecule has 0 radical (unpaired) electrons. The van der Waals surface area contributed by atoms with Gasteiger partial charge in [0.2, 0.25) is 0 Å². The molecule has 4 aromatic rings. The molecule has 5 rings (SSSR count). The first-order valence-electron chi connectivity index (χ1n) is 13.7. The molecule has 1 aliphatic rings. The van der Waals surface area contributed by atoms with Gasteiger partial charge in [-0.1, -0.05) is 24.6 Å². The second kappa shape index (κ2) is 13.8. The minimum atomic E-state index is -0.384. The number of pyridine rings is 1. The summed E-state index contributed by atoms with van der Waals surface area (Å²) < 4.78 is 0. The fourth-order valence-corrected chi connectivity index (χ4v) is 5.64. The van der Waals surface area contributed by atoms with Crippen molar-refractivity contribution in [3.05, 3.63) is 92.8 Å². The molecule has 2 aromatic carbocycles. The lowest BCUT2D eigenvalue weighted by atomic mass is 10.1. The van der Waals surface area contributed by atoms with E-state index in [0.717, 1.165) is 41.8 Å². The molecule has 41 heavy (non-hydrogen) atoms. The van der Waals surface area contributed by atoms with Crippen LogP contribution < -0.4 is 16.0 Å². The Balaban J connectivity index is 1.17. The molecule has 0 atom stereocenters. The number of anilines is 3. The van der Waals surface area contributed by atoms with Gasteiger partial charge in [-0.05, 0) is 79.3 Å². The number of hydrogen-bond donors (Lipinski definition) is 3. The maximum Gasteiger partial charge on any atom is 0.267 e. The third kappa shape index (κ3) is 7.86. The molecular formula is C30H33N7O3S. The van der Waals surface area contributed by atoms with Gasteiger partial charge in [-0.15, -0.1) is 11.3 Å². The van der Waals surface area contributed by atoms with E-state index in [2.05, 4.69) is 30.8 Å². The minimum absolute atomic E-state index is 0.212. The van der Waals surface area contributed by atoms with E-state index in [0.29, 0.717) is 35.2 Å². The van der Waals surface area contributed by atoms with Gasteiger partial charge >= 0.3 is 0 Å². The Kier molecular flexibility index (Phi) is 9.50. The highest BCUT2D eigenvalue weighted by Crippen LogP contribution is 2.26. The van der Waals surface area contributed by atoms with Crippen LogP contribution in [0.5, 0.6) is 0 Å². The summed E-state index contributed by atoms with van der Waals surface area (Å²) in [5, 5.41) is 23.6. The van der Waals surface area contributed by atoms with Crippen LogP contribution in [0.4, 0.5) is 17.1 Å². The van der Waals surface area contributed by atoms with Gasteiger partial charge in [0.05, 0.1) is 17.7 Å². The first-order valence-corrected chi connectivity index (χ1v) is 14.6. The summed E-state index contributed by atoms with van der Waals surface area (Å²) in [5.74, 6) is 0.108. The van der Waals surface area contributed by atoms with Crippen LogP contribution in [0.25, 0.3) is 10.9 Å². The van der Waals surface area contributed by atoms with Crippen LogP contribution in [-0.4, -0.2) is 59.3 Å². The maximum atomic E-state index is 13.1. The Morgan fingerprint density at radius 1 is 1.00 bits per heavy atom. The fraction of sp³-hybridized carbons (Fsp3) is 0.300. The SMILES string of the molecule is O=C(Nc1ccc(NC(C[N+](=O)[O-])=NCCN2CCCCC2)cc1)c1sccc1NCc1ccnc2ccccc12. The number of likely N-dealkylation sites (tertiary alicyclic amines) is 1. The van der Waals surface area contributed by atoms with Crippen molar-refractivity contribution in [2.45, 2.75) is 25.8 Å². The van der Waals surface area contributed by atoms with Crippen LogP contribution >= 0.6 is 11.3 Å². The van der Waals surface area contributed by atoms with Crippen LogP contribution in [0.3, 0.4) is 0 Å². The zero-order valence-electron chi connectivity index (χ0n) is 22.7. The van der Waals surface area contributed by atoms with Crippen molar-refractivity contribution in [1.82, 2.24) is 9.88 Å². The predicted octanol–water partition coefficient (Wildman–Crippen LogP) is 5.73. The van der Waals surface area contributed by atoms with Gasteiger partial charge in [0.25, 0.3) is 12.5 Å². The topological polar surface area (TPSA) is 125 Å². The molecule has 212 valence electrons. The summed E-state index contributed by atoms with van der Waals surface area (Å²) in [6.07, 6.45) is 5.45. The number of piperidine rings is 1. The molecule has 1 amide bonds. The number of aromatic nitrogens is 1. The van der Waals surface area contributed by atoms with Crippen molar-refractivity contribution in [3.63, 3.8) is 0 Å². The molecule has 1 aliphatic heterocycles. The van der Waals surface area contributed by atoms with E-state index < -0.39 is 0 Å². The second-order valence-corrected chi connectivity index (χ2v) is 10.8. The van der Waals surface area contributed by atoms with Crippen molar-refractivity contribution in [1.29, 1.82) is 0 Å². The van der Waals surface area contributed by atoms with E-state index in [1.54, 1.807) is 30.5 Å². The highest BCUT2D eigenvalue weighted by Gasteiger charge is 2.15. The molecule has 0 bridgehead atoms. The lowest BCUT2D eigenvalue weighted by Gasteiger charge is -2.25. The zero-order chi connectivity index (χ0) is 28.4. The van der Waals surface area contributed by atoms with Crippen LogP contribution in [-0.2, 0) is 6.54 Å². The van der Waals surface area contributed by atoms with Gasteiger partial charge < -0.3 is 20.9 Å². The first-order chi connectivity index (χ1) is 20.0. The van der Waals surface area contributed by atoms with Gasteiger partial charge in [0, 0.05) is 41.0 Å². The first kappa shape index (κ1) is 28.2. The van der Waals surface area contributed by atoms with Crippen molar-refractivity contribution >= 4 is 51.0 Å².